The highest BCUT2D eigenvalue weighted by Gasteiger charge is 2.56. The van der Waals surface area contributed by atoms with Crippen molar-refractivity contribution in [2.75, 3.05) is 13.2 Å². The molecule has 1 aliphatic heterocycles. The van der Waals surface area contributed by atoms with Crippen LogP contribution in [0.15, 0.2) is 133 Å². The summed E-state index contributed by atoms with van der Waals surface area (Å²) in [7, 11) is -5.88. The first kappa shape index (κ1) is 36.7. The van der Waals surface area contributed by atoms with Crippen LogP contribution in [-0.2, 0) is 18.4 Å². The summed E-state index contributed by atoms with van der Waals surface area (Å²) in [6.45, 7) is 18.5. The van der Waals surface area contributed by atoms with Crippen molar-refractivity contribution in [2.24, 2.45) is 5.92 Å². The van der Waals surface area contributed by atoms with Crippen LogP contribution < -0.4 is 20.7 Å². The van der Waals surface area contributed by atoms with E-state index < -0.39 is 22.2 Å². The van der Waals surface area contributed by atoms with Gasteiger partial charge in [0.15, 0.2) is 5.60 Å². The van der Waals surface area contributed by atoms with E-state index in [1.165, 1.54) is 20.7 Å². The molecule has 1 saturated heterocycles. The lowest BCUT2D eigenvalue weighted by atomic mass is 9.98. The van der Waals surface area contributed by atoms with Crippen LogP contribution >= 0.6 is 0 Å². The van der Waals surface area contributed by atoms with E-state index in [-0.39, 0.29) is 29.3 Å². The van der Waals surface area contributed by atoms with Gasteiger partial charge in [0.2, 0.25) is 0 Å². The number of benzene rings is 4. The number of cyclic esters (lactones) is 1. The van der Waals surface area contributed by atoms with Crippen LogP contribution in [0.1, 0.15) is 68.2 Å². The van der Waals surface area contributed by atoms with Crippen molar-refractivity contribution >= 4 is 43.4 Å². The van der Waals surface area contributed by atoms with Crippen LogP contribution in [0.5, 0.6) is 0 Å². The fraction of sp³-hybridized carbons (Fsp3) is 0.372. The zero-order chi connectivity index (χ0) is 35.3. The zero-order valence-corrected chi connectivity index (χ0v) is 32.7. The normalized spacial score (nSPS) is 16.3. The molecule has 0 atom stereocenters. The van der Waals surface area contributed by atoms with Crippen LogP contribution in [-0.4, -0.2) is 41.4 Å². The maximum atomic E-state index is 13.7. The number of carbonyl (C=O) groups excluding carboxylic acids is 1. The van der Waals surface area contributed by atoms with Gasteiger partial charge in [-0.25, -0.2) is 4.79 Å². The molecule has 5 rings (SSSR count). The van der Waals surface area contributed by atoms with Crippen LogP contribution in [0.3, 0.4) is 0 Å². The molecule has 0 unspecified atom stereocenters. The second-order valence-electron chi connectivity index (χ2n) is 16.0. The monoisotopic (exact) mass is 690 g/mol. The lowest BCUT2D eigenvalue weighted by Gasteiger charge is -2.46. The molecule has 0 amide bonds. The predicted octanol–water partition coefficient (Wildman–Crippen LogP) is 7.80. The standard InChI is InChI=1S/C43H54O4Si2/c1-34(2)29-30-35-31-43(47-40(35)44,32-45-48(41(3,4)5,36-21-13-9-14-22-36)37-23-15-10-16-24-37)33-46-49(42(6,7)8,38-25-17-11-18-26-38)39-27-19-12-20-28-39/h9-28,30,34H,29,31-33H2,1-8H3/b35-30+. The third-order valence-corrected chi connectivity index (χ3v) is 19.8. The van der Waals surface area contributed by atoms with E-state index in [9.17, 15) is 4.79 Å². The van der Waals surface area contributed by atoms with Gasteiger partial charge in [0.1, 0.15) is 0 Å². The Labute approximate surface area is 296 Å². The van der Waals surface area contributed by atoms with Crippen molar-refractivity contribution in [1.29, 1.82) is 0 Å². The van der Waals surface area contributed by atoms with Gasteiger partial charge >= 0.3 is 5.97 Å². The van der Waals surface area contributed by atoms with Crippen LogP contribution in [0.4, 0.5) is 0 Å². The predicted molar refractivity (Wildman–Crippen MR) is 208 cm³/mol. The first-order chi connectivity index (χ1) is 23.2. The van der Waals surface area contributed by atoms with E-state index in [0.717, 1.165) is 6.42 Å². The highest BCUT2D eigenvalue weighted by molar-refractivity contribution is 7.00. The van der Waals surface area contributed by atoms with Gasteiger partial charge in [0.05, 0.1) is 13.2 Å². The Morgan fingerprint density at radius 3 is 1.24 bits per heavy atom. The van der Waals surface area contributed by atoms with Crippen LogP contribution in [0.25, 0.3) is 0 Å². The van der Waals surface area contributed by atoms with Gasteiger partial charge in [-0.2, -0.15) is 0 Å². The number of rotatable bonds is 12. The number of carbonyl (C=O) groups is 1. The molecule has 0 spiro atoms. The summed E-state index contributed by atoms with van der Waals surface area (Å²) in [6.07, 6.45) is 3.32. The van der Waals surface area contributed by atoms with E-state index in [0.29, 0.717) is 17.9 Å². The molecule has 4 aromatic carbocycles. The van der Waals surface area contributed by atoms with Gasteiger partial charge in [0.25, 0.3) is 16.6 Å². The zero-order valence-electron chi connectivity index (χ0n) is 30.7. The molecule has 1 heterocycles. The van der Waals surface area contributed by atoms with Crippen LogP contribution in [0.2, 0.25) is 10.1 Å². The number of hydrogen-bond acceptors (Lipinski definition) is 4. The Morgan fingerprint density at radius 1 is 0.633 bits per heavy atom. The Bertz CT molecular complexity index is 1510. The second kappa shape index (κ2) is 14.7. The summed E-state index contributed by atoms with van der Waals surface area (Å²) in [5.41, 5.74) is -0.286. The largest absolute Gasteiger partial charge is 0.451 e. The molecular formula is C43H54O4Si2. The molecule has 6 heteroatoms. The molecule has 1 fully saturated rings. The van der Waals surface area contributed by atoms with E-state index in [1.54, 1.807) is 0 Å². The summed E-state index contributed by atoms with van der Waals surface area (Å²) in [4.78, 5) is 13.7. The Kier molecular flexibility index (Phi) is 11.0. The molecule has 0 N–H and O–H groups in total. The van der Waals surface area contributed by atoms with E-state index in [1.807, 2.05) is 0 Å². The van der Waals surface area contributed by atoms with Gasteiger partial charge in [-0.1, -0.05) is 183 Å². The maximum absolute atomic E-state index is 13.7. The molecule has 0 aliphatic carbocycles. The highest BCUT2D eigenvalue weighted by Crippen LogP contribution is 2.42. The lowest BCUT2D eigenvalue weighted by molar-refractivity contribution is -0.152. The van der Waals surface area contributed by atoms with Gasteiger partial charge in [-0.05, 0) is 43.2 Å². The van der Waals surface area contributed by atoms with Crippen molar-refractivity contribution in [2.45, 2.75) is 83.9 Å². The maximum Gasteiger partial charge on any atom is 0.334 e. The first-order valence-corrected chi connectivity index (χ1v) is 21.5. The van der Waals surface area contributed by atoms with Crippen molar-refractivity contribution in [3.05, 3.63) is 133 Å². The number of hydrogen-bond donors (Lipinski definition) is 0. The average Bonchev–Trinajstić information content (AvgIpc) is 3.40. The van der Waals surface area contributed by atoms with Gasteiger partial charge in [-0.15, -0.1) is 0 Å². The Morgan fingerprint density at radius 2 is 0.959 bits per heavy atom. The molecule has 4 aromatic rings. The minimum absolute atomic E-state index is 0.225. The third-order valence-electron chi connectivity index (χ3n) is 9.86. The highest BCUT2D eigenvalue weighted by atomic mass is 28.4. The molecule has 1 aliphatic rings. The van der Waals surface area contributed by atoms with Crippen molar-refractivity contribution in [3.63, 3.8) is 0 Å². The second-order valence-corrected chi connectivity index (χ2v) is 24.6. The molecule has 4 nitrogen and oxygen atoms in total. The van der Waals surface area contributed by atoms with Crippen molar-refractivity contribution < 1.29 is 18.4 Å². The van der Waals surface area contributed by atoms with Crippen molar-refractivity contribution in [1.82, 2.24) is 0 Å². The molecule has 258 valence electrons. The fourth-order valence-corrected chi connectivity index (χ4v) is 16.7. The summed E-state index contributed by atoms with van der Waals surface area (Å²) in [5, 5.41) is 4.31. The molecule has 0 bridgehead atoms. The topological polar surface area (TPSA) is 44.8 Å². The Balaban J connectivity index is 1.64. The molecular weight excluding hydrogens is 637 g/mol. The quantitative estimate of drug-likeness (QED) is 0.0865. The molecule has 0 aromatic heterocycles. The number of esters is 1. The Hall–Kier alpha value is -3.56. The van der Waals surface area contributed by atoms with E-state index >= 15 is 0 Å². The molecule has 0 saturated carbocycles. The van der Waals surface area contributed by atoms with Gasteiger partial charge in [0, 0.05) is 12.0 Å². The summed E-state index contributed by atoms with van der Waals surface area (Å²) < 4.78 is 21.6. The van der Waals surface area contributed by atoms with Gasteiger partial charge in [-0.3, -0.25) is 0 Å². The smallest absolute Gasteiger partial charge is 0.334 e. The summed E-state index contributed by atoms with van der Waals surface area (Å²) in [5.74, 6) is 0.162. The average molecular weight is 691 g/mol. The molecule has 49 heavy (non-hydrogen) atoms. The van der Waals surface area contributed by atoms with E-state index in [2.05, 4.69) is 183 Å². The summed E-state index contributed by atoms with van der Waals surface area (Å²) >= 11 is 0. The summed E-state index contributed by atoms with van der Waals surface area (Å²) in [6, 6.07) is 42.6. The fourth-order valence-electron chi connectivity index (χ4n) is 7.46. The third kappa shape index (κ3) is 7.48. The van der Waals surface area contributed by atoms with E-state index in [4.69, 9.17) is 13.6 Å². The SMILES string of the molecule is CC(C)C/C=C1\CC(CO[Si](c2ccccc2)(c2ccccc2)C(C)(C)C)(CO[Si](c2ccccc2)(c2ccccc2)C(C)(C)C)OC1=O. The number of allylic oxidation sites excluding steroid dienone is 1. The first-order valence-electron chi connectivity index (χ1n) is 17.7. The molecule has 0 radical (unpaired) electrons. The minimum atomic E-state index is -2.94. The number of ether oxygens (including phenoxy) is 1. The van der Waals surface area contributed by atoms with Gasteiger partial charge < -0.3 is 13.6 Å². The minimum Gasteiger partial charge on any atom is -0.451 e. The lowest BCUT2D eigenvalue weighted by Crippen LogP contribution is -2.69. The van der Waals surface area contributed by atoms with Crippen LogP contribution in [0, 0.1) is 5.92 Å². The van der Waals surface area contributed by atoms with Crippen molar-refractivity contribution in [3.8, 4) is 0 Å².